The van der Waals surface area contributed by atoms with Crippen LogP contribution in [0.2, 0.25) is 0 Å². The average Bonchev–Trinajstić information content (AvgIpc) is 2.04. The molecule has 2 aliphatic rings. The molecule has 1 nitrogen and oxygen atoms in total. The van der Waals surface area contributed by atoms with Crippen LogP contribution < -0.4 is 0 Å². The Kier molecular flexibility index (Phi) is 1.70. The van der Waals surface area contributed by atoms with Gasteiger partial charge in [0.25, 0.3) is 0 Å². The van der Waals surface area contributed by atoms with Crippen molar-refractivity contribution in [2.45, 2.75) is 6.42 Å². The summed E-state index contributed by atoms with van der Waals surface area (Å²) in [6.07, 6.45) is 9.75. The van der Waals surface area contributed by atoms with Gasteiger partial charge in [-0.1, -0.05) is 12.2 Å². The highest BCUT2D eigenvalue weighted by Gasteiger charge is 2.14. The van der Waals surface area contributed by atoms with Crippen molar-refractivity contribution in [3.05, 3.63) is 34.9 Å². The van der Waals surface area contributed by atoms with E-state index in [1.807, 2.05) is 0 Å². The van der Waals surface area contributed by atoms with Crippen LogP contribution in [0.15, 0.2) is 34.9 Å². The molecule has 0 saturated heterocycles. The highest BCUT2D eigenvalue weighted by Crippen LogP contribution is 2.30. The molecule has 0 radical (unpaired) electrons. The van der Waals surface area contributed by atoms with E-state index in [1.165, 1.54) is 10.5 Å². The van der Waals surface area contributed by atoms with Crippen molar-refractivity contribution in [2.24, 2.45) is 0 Å². The molecule has 0 bridgehead atoms. The van der Waals surface area contributed by atoms with E-state index in [9.17, 15) is 0 Å². The van der Waals surface area contributed by atoms with Gasteiger partial charge in [0.2, 0.25) is 5.55 Å². The molecule has 1 aliphatic heterocycles. The third-order valence-electron chi connectivity index (χ3n) is 1.74. The molecule has 0 unspecified atom stereocenters. The fourth-order valence-corrected chi connectivity index (χ4v) is 1.99. The molecule has 0 aromatic heterocycles. The second-order valence-electron chi connectivity index (χ2n) is 2.71. The van der Waals surface area contributed by atoms with Gasteiger partial charge < -0.3 is 0 Å². The van der Waals surface area contributed by atoms with E-state index in [2.05, 4.69) is 41.6 Å². The van der Waals surface area contributed by atoms with Crippen LogP contribution in [-0.2, 0) is 0 Å². The molecule has 1 heterocycles. The van der Waals surface area contributed by atoms with Gasteiger partial charge in [0.05, 0.1) is 0 Å². The number of fused-ring (bicyclic) bond motifs is 1. The lowest BCUT2D eigenvalue weighted by molar-refractivity contribution is -0.415. The molecule has 0 atom stereocenters. The van der Waals surface area contributed by atoms with E-state index < -0.39 is 0 Å². The molecule has 1 aliphatic carbocycles. The van der Waals surface area contributed by atoms with Gasteiger partial charge in [-0.05, 0) is 24.3 Å². The Labute approximate surface area is 70.8 Å². The standard InChI is InChI=1S/C9H10NS/c1-10-6-8-4-2-3-5-9(8)11-7-10/h2-3,5-7H,4H2,1H3/q+1. The van der Waals surface area contributed by atoms with E-state index >= 15 is 0 Å². The van der Waals surface area contributed by atoms with E-state index in [0.29, 0.717) is 0 Å². The molecule has 0 amide bonds. The molecule has 0 fully saturated rings. The van der Waals surface area contributed by atoms with Gasteiger partial charge in [0, 0.05) is 10.5 Å². The maximum Gasteiger partial charge on any atom is 0.207 e. The number of thioether (sulfide) groups is 1. The maximum atomic E-state index is 2.19. The lowest BCUT2D eigenvalue weighted by Crippen LogP contribution is -2.05. The number of nitrogens with zero attached hydrogens (tertiary/aromatic N) is 1. The molecule has 0 aromatic carbocycles. The number of allylic oxidation sites excluding steroid dienone is 4. The summed E-state index contributed by atoms with van der Waals surface area (Å²) >= 11 is 1.80. The van der Waals surface area contributed by atoms with Crippen molar-refractivity contribution in [3.8, 4) is 0 Å². The first-order chi connectivity index (χ1) is 5.36. The van der Waals surface area contributed by atoms with Crippen LogP contribution >= 0.6 is 11.8 Å². The third kappa shape index (κ3) is 1.31. The third-order valence-corrected chi connectivity index (χ3v) is 2.83. The van der Waals surface area contributed by atoms with Gasteiger partial charge in [-0.25, -0.2) is 4.58 Å². The molecule has 2 heteroatoms. The average molecular weight is 164 g/mol. The summed E-state index contributed by atoms with van der Waals surface area (Å²) < 4.78 is 2.11. The van der Waals surface area contributed by atoms with Crippen LogP contribution in [0, 0.1) is 0 Å². The van der Waals surface area contributed by atoms with E-state index in [1.54, 1.807) is 11.8 Å². The molecular weight excluding hydrogens is 154 g/mol. The highest BCUT2D eigenvalue weighted by atomic mass is 32.2. The molecule has 11 heavy (non-hydrogen) atoms. The van der Waals surface area contributed by atoms with Crippen molar-refractivity contribution in [1.82, 2.24) is 0 Å². The minimum Gasteiger partial charge on any atom is -0.201 e. The SMILES string of the molecule is C[N+]1=CSC2=CC=CCC2=C1. The maximum absolute atomic E-state index is 2.19. The van der Waals surface area contributed by atoms with Crippen LogP contribution in [0.25, 0.3) is 0 Å². The summed E-state index contributed by atoms with van der Waals surface area (Å²) in [5.74, 6) is 0. The zero-order valence-corrected chi connectivity index (χ0v) is 7.27. The van der Waals surface area contributed by atoms with E-state index in [-0.39, 0.29) is 0 Å². The molecule has 0 N–H and O–H groups in total. The van der Waals surface area contributed by atoms with Crippen LogP contribution in [0.3, 0.4) is 0 Å². The Balaban J connectivity index is 2.36. The summed E-state index contributed by atoms with van der Waals surface area (Å²) in [7, 11) is 2.06. The number of rotatable bonds is 0. The van der Waals surface area contributed by atoms with Crippen molar-refractivity contribution < 1.29 is 4.58 Å². The molecular formula is C9H10NS+. The van der Waals surface area contributed by atoms with Crippen molar-refractivity contribution in [2.75, 3.05) is 7.05 Å². The number of hydrogen-bond donors (Lipinski definition) is 0. The Morgan fingerprint density at radius 1 is 1.55 bits per heavy atom. The zero-order chi connectivity index (χ0) is 7.68. The first kappa shape index (κ1) is 6.92. The van der Waals surface area contributed by atoms with E-state index in [4.69, 9.17) is 0 Å². The first-order valence-corrected chi connectivity index (χ1v) is 4.54. The summed E-state index contributed by atoms with van der Waals surface area (Å²) in [6, 6.07) is 0. The summed E-state index contributed by atoms with van der Waals surface area (Å²) in [4.78, 5) is 1.39. The van der Waals surface area contributed by atoms with Crippen LogP contribution in [0.4, 0.5) is 0 Å². The minimum absolute atomic E-state index is 1.08. The second-order valence-corrected chi connectivity index (χ2v) is 3.59. The lowest BCUT2D eigenvalue weighted by Gasteiger charge is -2.11. The monoisotopic (exact) mass is 164 g/mol. The molecule has 56 valence electrons. The predicted molar refractivity (Wildman–Crippen MR) is 49.8 cm³/mol. The second kappa shape index (κ2) is 2.70. The normalized spacial score (nSPS) is 21.7. The van der Waals surface area contributed by atoms with Gasteiger partial charge in [-0.3, -0.25) is 0 Å². The Morgan fingerprint density at radius 3 is 3.36 bits per heavy atom. The minimum atomic E-state index is 1.08. The Bertz CT molecular complexity index is 295. The van der Waals surface area contributed by atoms with Crippen LogP contribution in [0.5, 0.6) is 0 Å². The smallest absolute Gasteiger partial charge is 0.201 e. The largest absolute Gasteiger partial charge is 0.207 e. The number of hydrogen-bond acceptors (Lipinski definition) is 1. The quantitative estimate of drug-likeness (QED) is 0.496. The highest BCUT2D eigenvalue weighted by molar-refractivity contribution is 8.15. The van der Waals surface area contributed by atoms with Gasteiger partial charge in [0.15, 0.2) is 6.20 Å². The molecule has 0 saturated carbocycles. The van der Waals surface area contributed by atoms with Gasteiger partial charge in [-0.2, -0.15) is 0 Å². The van der Waals surface area contributed by atoms with Gasteiger partial charge in [-0.15, -0.1) is 0 Å². The molecule has 0 aromatic rings. The van der Waals surface area contributed by atoms with Crippen molar-refractivity contribution in [1.29, 1.82) is 0 Å². The van der Waals surface area contributed by atoms with Crippen molar-refractivity contribution in [3.63, 3.8) is 0 Å². The van der Waals surface area contributed by atoms with Gasteiger partial charge >= 0.3 is 0 Å². The summed E-state index contributed by atoms with van der Waals surface area (Å²) in [5.41, 5.74) is 3.55. The van der Waals surface area contributed by atoms with Crippen molar-refractivity contribution >= 4 is 17.3 Å². The van der Waals surface area contributed by atoms with E-state index in [0.717, 1.165) is 6.42 Å². The molecule has 0 spiro atoms. The fourth-order valence-electron chi connectivity index (χ4n) is 1.21. The van der Waals surface area contributed by atoms with Crippen LogP contribution in [0.1, 0.15) is 6.42 Å². The predicted octanol–water partition coefficient (Wildman–Crippen LogP) is 2.13. The zero-order valence-electron chi connectivity index (χ0n) is 6.45. The van der Waals surface area contributed by atoms with Gasteiger partial charge in [0.1, 0.15) is 7.05 Å². The Hall–Kier alpha value is -0.760. The van der Waals surface area contributed by atoms with Crippen LogP contribution in [-0.4, -0.2) is 17.2 Å². The summed E-state index contributed by atoms with van der Waals surface area (Å²) in [5, 5.41) is 0. The fraction of sp³-hybridized carbons (Fsp3) is 0.222. The topological polar surface area (TPSA) is 3.01 Å². The lowest BCUT2D eigenvalue weighted by atomic mass is 10.1. The summed E-state index contributed by atoms with van der Waals surface area (Å²) in [6.45, 7) is 0. The Morgan fingerprint density at radius 2 is 2.45 bits per heavy atom. The first-order valence-electron chi connectivity index (χ1n) is 3.66. The molecule has 2 rings (SSSR count).